The van der Waals surface area contributed by atoms with Gasteiger partial charge in [-0.2, -0.15) is 0 Å². The van der Waals surface area contributed by atoms with Crippen molar-refractivity contribution in [2.45, 2.75) is 26.4 Å². The van der Waals surface area contributed by atoms with Crippen LogP contribution in [0.15, 0.2) is 53.9 Å². The summed E-state index contributed by atoms with van der Waals surface area (Å²) in [4.78, 5) is 4.41. The minimum atomic E-state index is 0.452. The summed E-state index contributed by atoms with van der Waals surface area (Å²) in [6.07, 6.45) is 0. The van der Waals surface area contributed by atoms with Gasteiger partial charge < -0.3 is 10.5 Å². The number of ether oxygens (including phenoxy) is 1. The van der Waals surface area contributed by atoms with E-state index in [1.54, 1.807) is 0 Å². The second-order valence-corrected chi connectivity index (χ2v) is 6.65. The number of nitrogens with zero attached hydrogens (tertiary/aromatic N) is 1. The summed E-state index contributed by atoms with van der Waals surface area (Å²) in [5.41, 5.74) is 10.1. The van der Waals surface area contributed by atoms with Gasteiger partial charge in [0.25, 0.3) is 0 Å². The Labute approximate surface area is 140 Å². The van der Waals surface area contributed by atoms with Gasteiger partial charge >= 0.3 is 0 Å². The molecule has 0 aliphatic carbocycles. The van der Waals surface area contributed by atoms with Crippen LogP contribution < -0.4 is 10.5 Å². The zero-order chi connectivity index (χ0) is 16.2. The van der Waals surface area contributed by atoms with E-state index in [9.17, 15) is 0 Å². The van der Waals surface area contributed by atoms with Crippen molar-refractivity contribution < 1.29 is 4.74 Å². The first kappa shape index (κ1) is 15.6. The molecule has 3 rings (SSSR count). The highest BCUT2D eigenvalue weighted by Gasteiger charge is 2.12. The molecular formula is C19H20N2OS. The lowest BCUT2D eigenvalue weighted by molar-refractivity contribution is 0.307. The van der Waals surface area contributed by atoms with Crippen molar-refractivity contribution in [1.82, 2.24) is 4.98 Å². The van der Waals surface area contributed by atoms with E-state index in [1.165, 1.54) is 16.9 Å². The molecule has 2 aromatic carbocycles. The quantitative estimate of drug-likeness (QED) is 0.710. The summed E-state index contributed by atoms with van der Waals surface area (Å²) >= 11 is 1.45. The van der Waals surface area contributed by atoms with Crippen LogP contribution in [0.1, 0.15) is 30.9 Å². The van der Waals surface area contributed by atoms with E-state index in [-0.39, 0.29) is 0 Å². The van der Waals surface area contributed by atoms with Gasteiger partial charge in [0, 0.05) is 10.9 Å². The highest BCUT2D eigenvalue weighted by atomic mass is 32.1. The number of thiazole rings is 1. The van der Waals surface area contributed by atoms with Gasteiger partial charge in [0.1, 0.15) is 12.4 Å². The number of benzene rings is 2. The Balaban J connectivity index is 1.92. The molecule has 1 heterocycles. The van der Waals surface area contributed by atoms with Gasteiger partial charge in [-0.1, -0.05) is 50.2 Å². The third-order valence-corrected chi connectivity index (χ3v) is 4.38. The minimum Gasteiger partial charge on any atom is -0.488 e. The second kappa shape index (κ2) is 6.84. The summed E-state index contributed by atoms with van der Waals surface area (Å²) in [5, 5.41) is 2.55. The van der Waals surface area contributed by atoms with Crippen LogP contribution in [0, 0.1) is 0 Å². The summed E-state index contributed by atoms with van der Waals surface area (Å²) in [7, 11) is 0. The molecule has 23 heavy (non-hydrogen) atoms. The highest BCUT2D eigenvalue weighted by molar-refractivity contribution is 7.13. The number of hydrogen-bond donors (Lipinski definition) is 1. The molecule has 0 aliphatic rings. The van der Waals surface area contributed by atoms with E-state index in [0.717, 1.165) is 22.6 Å². The van der Waals surface area contributed by atoms with E-state index in [1.807, 2.05) is 29.6 Å². The fourth-order valence-electron chi connectivity index (χ4n) is 2.38. The van der Waals surface area contributed by atoms with Crippen LogP contribution in [0.4, 0.5) is 5.13 Å². The molecule has 3 aromatic rings. The second-order valence-electron chi connectivity index (χ2n) is 5.76. The van der Waals surface area contributed by atoms with E-state index in [2.05, 4.69) is 43.1 Å². The number of aromatic nitrogens is 1. The van der Waals surface area contributed by atoms with Crippen LogP contribution in [0.25, 0.3) is 11.3 Å². The molecular weight excluding hydrogens is 304 g/mol. The van der Waals surface area contributed by atoms with Gasteiger partial charge in [0.2, 0.25) is 0 Å². The molecule has 0 saturated carbocycles. The zero-order valence-corrected chi connectivity index (χ0v) is 14.1. The molecule has 118 valence electrons. The van der Waals surface area contributed by atoms with Crippen LogP contribution in [0.2, 0.25) is 0 Å². The van der Waals surface area contributed by atoms with E-state index < -0.39 is 0 Å². The average Bonchev–Trinajstić information content (AvgIpc) is 3.00. The maximum Gasteiger partial charge on any atom is 0.180 e. The van der Waals surface area contributed by atoms with Crippen LogP contribution in [0.5, 0.6) is 5.75 Å². The molecule has 0 spiro atoms. The van der Waals surface area contributed by atoms with Crippen molar-refractivity contribution in [1.29, 1.82) is 0 Å². The summed E-state index contributed by atoms with van der Waals surface area (Å²) < 4.78 is 6.05. The molecule has 0 radical (unpaired) electrons. The Kier molecular flexibility index (Phi) is 4.63. The lowest BCUT2D eigenvalue weighted by atomic mass is 9.99. The Morgan fingerprint density at radius 2 is 1.91 bits per heavy atom. The number of rotatable bonds is 5. The number of nitrogen functional groups attached to an aromatic ring is 1. The fourth-order valence-corrected chi connectivity index (χ4v) is 2.94. The molecule has 0 atom stereocenters. The van der Waals surface area contributed by atoms with Gasteiger partial charge in [-0.05, 0) is 29.2 Å². The minimum absolute atomic E-state index is 0.452. The van der Waals surface area contributed by atoms with Gasteiger partial charge in [-0.25, -0.2) is 4.98 Å². The number of hydrogen-bond acceptors (Lipinski definition) is 4. The number of anilines is 1. The third-order valence-electron chi connectivity index (χ3n) is 3.71. The van der Waals surface area contributed by atoms with Crippen molar-refractivity contribution >= 4 is 16.5 Å². The standard InChI is InChI=1S/C19H20N2OS/c1-13(2)15-8-9-18(22-11-14-6-4-3-5-7-14)16(10-15)17-12-23-19(20)21-17/h3-10,12-13H,11H2,1-2H3,(H2,20,21). The Bertz CT molecular complexity index is 781. The normalized spacial score (nSPS) is 10.9. The van der Waals surface area contributed by atoms with E-state index >= 15 is 0 Å². The van der Waals surface area contributed by atoms with Gasteiger partial charge in [0.05, 0.1) is 5.69 Å². The van der Waals surface area contributed by atoms with Crippen LogP contribution >= 0.6 is 11.3 Å². The lowest BCUT2D eigenvalue weighted by Gasteiger charge is -2.14. The summed E-state index contributed by atoms with van der Waals surface area (Å²) in [6, 6.07) is 16.5. The lowest BCUT2D eigenvalue weighted by Crippen LogP contribution is -1.98. The van der Waals surface area contributed by atoms with Crippen molar-refractivity contribution in [3.8, 4) is 17.0 Å². The van der Waals surface area contributed by atoms with Gasteiger partial charge in [0.15, 0.2) is 5.13 Å². The predicted molar refractivity (Wildman–Crippen MR) is 96.8 cm³/mol. The first-order valence-corrected chi connectivity index (χ1v) is 8.53. The maximum absolute atomic E-state index is 6.05. The molecule has 0 saturated heterocycles. The van der Waals surface area contributed by atoms with Gasteiger partial charge in [-0.15, -0.1) is 11.3 Å². The van der Waals surface area contributed by atoms with Crippen LogP contribution in [0.3, 0.4) is 0 Å². The largest absolute Gasteiger partial charge is 0.488 e. The first-order chi connectivity index (χ1) is 11.1. The van der Waals surface area contributed by atoms with Gasteiger partial charge in [-0.3, -0.25) is 0 Å². The predicted octanol–water partition coefficient (Wildman–Crippen LogP) is 5.09. The maximum atomic E-state index is 6.05. The molecule has 0 aliphatic heterocycles. The number of nitrogens with two attached hydrogens (primary N) is 1. The Hall–Kier alpha value is -2.33. The SMILES string of the molecule is CC(C)c1ccc(OCc2ccccc2)c(-c2csc(N)n2)c1. The third kappa shape index (κ3) is 3.71. The average molecular weight is 324 g/mol. The molecule has 1 aromatic heterocycles. The van der Waals surface area contributed by atoms with Crippen molar-refractivity contribution in [2.75, 3.05) is 5.73 Å². The topological polar surface area (TPSA) is 48.1 Å². The van der Waals surface area contributed by atoms with Crippen LogP contribution in [-0.4, -0.2) is 4.98 Å². The summed E-state index contributed by atoms with van der Waals surface area (Å²) in [5.74, 6) is 1.29. The van der Waals surface area contributed by atoms with E-state index in [0.29, 0.717) is 17.7 Å². The van der Waals surface area contributed by atoms with Crippen molar-refractivity contribution in [2.24, 2.45) is 0 Å². The van der Waals surface area contributed by atoms with Crippen molar-refractivity contribution in [3.63, 3.8) is 0 Å². The van der Waals surface area contributed by atoms with Crippen LogP contribution in [-0.2, 0) is 6.61 Å². The Morgan fingerprint density at radius 3 is 2.57 bits per heavy atom. The highest BCUT2D eigenvalue weighted by Crippen LogP contribution is 2.34. The molecule has 0 bridgehead atoms. The smallest absolute Gasteiger partial charge is 0.180 e. The molecule has 4 heteroatoms. The molecule has 0 fully saturated rings. The monoisotopic (exact) mass is 324 g/mol. The van der Waals surface area contributed by atoms with Crippen molar-refractivity contribution in [3.05, 3.63) is 65.0 Å². The zero-order valence-electron chi connectivity index (χ0n) is 13.3. The fraction of sp³-hybridized carbons (Fsp3) is 0.211. The summed E-state index contributed by atoms with van der Waals surface area (Å²) in [6.45, 7) is 4.90. The molecule has 0 amide bonds. The Morgan fingerprint density at radius 1 is 1.13 bits per heavy atom. The molecule has 2 N–H and O–H groups in total. The van der Waals surface area contributed by atoms with E-state index in [4.69, 9.17) is 10.5 Å². The molecule has 0 unspecified atom stereocenters. The first-order valence-electron chi connectivity index (χ1n) is 7.65. The molecule has 3 nitrogen and oxygen atoms in total.